The highest BCUT2D eigenvalue weighted by atomic mass is 16.5. The van der Waals surface area contributed by atoms with Gasteiger partial charge in [-0.2, -0.15) is 0 Å². The molecule has 2 rings (SSSR count). The Balaban J connectivity index is 1.81. The lowest BCUT2D eigenvalue weighted by Crippen LogP contribution is -2.25. The molecule has 0 fully saturated rings. The van der Waals surface area contributed by atoms with Crippen molar-refractivity contribution in [1.29, 1.82) is 0 Å². The Labute approximate surface area is 120 Å². The van der Waals surface area contributed by atoms with E-state index in [4.69, 9.17) is 9.47 Å². The Bertz CT molecular complexity index is 445. The first-order valence-corrected chi connectivity index (χ1v) is 7.45. The highest BCUT2D eigenvalue weighted by molar-refractivity contribution is 5.75. The summed E-state index contributed by atoms with van der Waals surface area (Å²) in [7, 11) is 0. The Morgan fingerprint density at radius 2 is 2.05 bits per heavy atom. The normalized spacial score (nSPS) is 13.7. The van der Waals surface area contributed by atoms with Crippen molar-refractivity contribution >= 4 is 5.91 Å². The number of ether oxygens (including phenoxy) is 2. The fraction of sp³-hybridized carbons (Fsp3) is 0.562. The van der Waals surface area contributed by atoms with Gasteiger partial charge in [-0.05, 0) is 30.5 Å². The van der Waals surface area contributed by atoms with Gasteiger partial charge in [0, 0.05) is 19.4 Å². The third-order valence-corrected chi connectivity index (χ3v) is 3.31. The first-order chi connectivity index (χ1) is 9.79. The first kappa shape index (κ1) is 14.7. The van der Waals surface area contributed by atoms with Crippen molar-refractivity contribution in [2.24, 2.45) is 0 Å². The zero-order valence-corrected chi connectivity index (χ0v) is 12.1. The molecule has 0 saturated carbocycles. The van der Waals surface area contributed by atoms with E-state index in [1.165, 1.54) is 0 Å². The molecule has 1 aromatic carbocycles. The van der Waals surface area contributed by atoms with Crippen molar-refractivity contribution in [3.63, 3.8) is 0 Å². The largest absolute Gasteiger partial charge is 0.490 e. The van der Waals surface area contributed by atoms with Gasteiger partial charge >= 0.3 is 0 Å². The van der Waals surface area contributed by atoms with Gasteiger partial charge < -0.3 is 14.8 Å². The van der Waals surface area contributed by atoms with Crippen LogP contribution in [0.1, 0.15) is 38.2 Å². The van der Waals surface area contributed by atoms with Crippen molar-refractivity contribution < 1.29 is 14.3 Å². The standard InChI is InChI=1S/C16H23NO3/c1-2-3-5-16(18)17-9-8-13-6-7-14-15(12-13)20-11-4-10-19-14/h6-7,12H,2-5,8-11H2,1H3,(H,17,18). The van der Waals surface area contributed by atoms with E-state index in [-0.39, 0.29) is 5.91 Å². The molecule has 0 spiro atoms. The van der Waals surface area contributed by atoms with E-state index in [9.17, 15) is 4.79 Å². The van der Waals surface area contributed by atoms with E-state index < -0.39 is 0 Å². The predicted molar refractivity (Wildman–Crippen MR) is 78.3 cm³/mol. The second kappa shape index (κ2) is 7.78. The van der Waals surface area contributed by atoms with Crippen LogP contribution in [0.5, 0.6) is 11.5 Å². The van der Waals surface area contributed by atoms with Crippen LogP contribution in [0.3, 0.4) is 0 Å². The average Bonchev–Trinajstić information content (AvgIpc) is 2.70. The number of unbranched alkanes of at least 4 members (excludes halogenated alkanes) is 1. The third kappa shape index (κ3) is 4.44. The molecule has 1 aliphatic rings. The molecule has 1 heterocycles. The first-order valence-electron chi connectivity index (χ1n) is 7.45. The van der Waals surface area contributed by atoms with Gasteiger partial charge in [-0.1, -0.05) is 19.4 Å². The Hall–Kier alpha value is -1.71. The van der Waals surface area contributed by atoms with Crippen molar-refractivity contribution in [3.05, 3.63) is 23.8 Å². The molecule has 1 aliphatic heterocycles. The van der Waals surface area contributed by atoms with Gasteiger partial charge in [0.05, 0.1) is 13.2 Å². The fourth-order valence-electron chi connectivity index (χ4n) is 2.14. The van der Waals surface area contributed by atoms with E-state index in [1.54, 1.807) is 0 Å². The average molecular weight is 277 g/mol. The number of nitrogens with one attached hydrogen (secondary N) is 1. The number of hydrogen-bond donors (Lipinski definition) is 1. The lowest BCUT2D eigenvalue weighted by Gasteiger charge is -2.10. The number of benzene rings is 1. The van der Waals surface area contributed by atoms with Gasteiger partial charge in [-0.25, -0.2) is 0 Å². The molecule has 0 aliphatic carbocycles. The molecule has 4 heteroatoms. The lowest BCUT2D eigenvalue weighted by atomic mass is 10.1. The van der Waals surface area contributed by atoms with E-state index in [0.29, 0.717) is 26.2 Å². The summed E-state index contributed by atoms with van der Waals surface area (Å²) < 4.78 is 11.3. The van der Waals surface area contributed by atoms with E-state index in [2.05, 4.69) is 12.2 Å². The summed E-state index contributed by atoms with van der Waals surface area (Å²) in [5.74, 6) is 1.77. The van der Waals surface area contributed by atoms with Crippen molar-refractivity contribution in [3.8, 4) is 11.5 Å². The number of carbonyl (C=O) groups is 1. The van der Waals surface area contributed by atoms with Crippen LogP contribution in [0.15, 0.2) is 18.2 Å². The maximum absolute atomic E-state index is 11.5. The maximum Gasteiger partial charge on any atom is 0.220 e. The molecule has 1 aromatic rings. The van der Waals surface area contributed by atoms with Crippen molar-refractivity contribution in [2.45, 2.75) is 39.0 Å². The topological polar surface area (TPSA) is 47.6 Å². The number of amides is 1. The molecule has 110 valence electrons. The van der Waals surface area contributed by atoms with Crippen LogP contribution >= 0.6 is 0 Å². The fourth-order valence-corrected chi connectivity index (χ4v) is 2.14. The summed E-state index contributed by atoms with van der Waals surface area (Å²) in [6, 6.07) is 6.00. The monoisotopic (exact) mass is 277 g/mol. The molecule has 0 aromatic heterocycles. The van der Waals surface area contributed by atoms with Crippen LogP contribution < -0.4 is 14.8 Å². The molecule has 20 heavy (non-hydrogen) atoms. The van der Waals surface area contributed by atoms with Crippen LogP contribution in [0.25, 0.3) is 0 Å². The molecule has 0 unspecified atom stereocenters. The predicted octanol–water partition coefficient (Wildman–Crippen LogP) is 2.70. The van der Waals surface area contributed by atoms with Gasteiger partial charge in [-0.3, -0.25) is 4.79 Å². The zero-order valence-electron chi connectivity index (χ0n) is 12.1. The van der Waals surface area contributed by atoms with Crippen molar-refractivity contribution in [2.75, 3.05) is 19.8 Å². The molecule has 4 nitrogen and oxygen atoms in total. The minimum absolute atomic E-state index is 0.140. The van der Waals surface area contributed by atoms with E-state index in [0.717, 1.165) is 42.7 Å². The number of carbonyl (C=O) groups excluding carboxylic acids is 1. The molecule has 0 saturated heterocycles. The minimum atomic E-state index is 0.140. The third-order valence-electron chi connectivity index (χ3n) is 3.31. The lowest BCUT2D eigenvalue weighted by molar-refractivity contribution is -0.121. The summed E-state index contributed by atoms with van der Waals surface area (Å²) >= 11 is 0. The van der Waals surface area contributed by atoms with Gasteiger partial charge in [0.2, 0.25) is 5.91 Å². The Kier molecular flexibility index (Phi) is 5.71. The highest BCUT2D eigenvalue weighted by Gasteiger charge is 2.10. The summed E-state index contributed by atoms with van der Waals surface area (Å²) in [6.07, 6.45) is 4.36. The summed E-state index contributed by atoms with van der Waals surface area (Å²) in [4.78, 5) is 11.5. The van der Waals surface area contributed by atoms with Crippen LogP contribution in [-0.4, -0.2) is 25.7 Å². The molecule has 0 atom stereocenters. The van der Waals surface area contributed by atoms with Crippen LogP contribution in [0, 0.1) is 0 Å². The highest BCUT2D eigenvalue weighted by Crippen LogP contribution is 2.30. The number of hydrogen-bond acceptors (Lipinski definition) is 3. The Morgan fingerprint density at radius 3 is 2.85 bits per heavy atom. The molecule has 1 amide bonds. The van der Waals surface area contributed by atoms with Crippen molar-refractivity contribution in [1.82, 2.24) is 5.32 Å². The second-order valence-electron chi connectivity index (χ2n) is 5.04. The van der Waals surface area contributed by atoms with Crippen LogP contribution in [-0.2, 0) is 11.2 Å². The quantitative estimate of drug-likeness (QED) is 0.869. The van der Waals surface area contributed by atoms with Crippen LogP contribution in [0.4, 0.5) is 0 Å². The summed E-state index contributed by atoms with van der Waals surface area (Å²) in [5, 5.41) is 2.95. The van der Waals surface area contributed by atoms with Gasteiger partial charge in [0.1, 0.15) is 0 Å². The van der Waals surface area contributed by atoms with E-state index in [1.807, 2.05) is 18.2 Å². The van der Waals surface area contributed by atoms with E-state index >= 15 is 0 Å². The maximum atomic E-state index is 11.5. The van der Waals surface area contributed by atoms with Gasteiger partial charge in [0.15, 0.2) is 11.5 Å². The number of rotatable bonds is 6. The molecule has 1 N–H and O–H groups in total. The minimum Gasteiger partial charge on any atom is -0.490 e. The summed E-state index contributed by atoms with van der Waals surface area (Å²) in [5.41, 5.74) is 1.16. The van der Waals surface area contributed by atoms with Crippen LogP contribution in [0.2, 0.25) is 0 Å². The molecular formula is C16H23NO3. The smallest absolute Gasteiger partial charge is 0.220 e. The zero-order chi connectivity index (χ0) is 14.2. The summed E-state index contributed by atoms with van der Waals surface area (Å²) in [6.45, 7) is 4.16. The molecule has 0 bridgehead atoms. The second-order valence-corrected chi connectivity index (χ2v) is 5.04. The molecule has 0 radical (unpaired) electrons. The van der Waals surface area contributed by atoms with Gasteiger partial charge in [0.25, 0.3) is 0 Å². The SMILES string of the molecule is CCCCC(=O)NCCc1ccc2c(c1)OCCCO2. The van der Waals surface area contributed by atoms with Gasteiger partial charge in [-0.15, -0.1) is 0 Å². The Morgan fingerprint density at radius 1 is 1.25 bits per heavy atom. The number of fused-ring (bicyclic) bond motifs is 1. The molecular weight excluding hydrogens is 254 g/mol.